The molecule has 0 spiro atoms. The van der Waals surface area contributed by atoms with E-state index in [-0.39, 0.29) is 6.61 Å². The van der Waals surface area contributed by atoms with E-state index < -0.39 is 0 Å². The summed E-state index contributed by atoms with van der Waals surface area (Å²) in [6.07, 6.45) is 5.39. The molecule has 0 bridgehead atoms. The second kappa shape index (κ2) is 5.75. The maximum absolute atomic E-state index is 9.17. The highest BCUT2D eigenvalue weighted by Gasteiger charge is 2.25. The van der Waals surface area contributed by atoms with Crippen LogP contribution in [-0.2, 0) is 6.61 Å². The first kappa shape index (κ1) is 13.4. The minimum Gasteiger partial charge on any atom is -0.392 e. The third kappa shape index (κ3) is 2.69. The van der Waals surface area contributed by atoms with Crippen molar-refractivity contribution < 1.29 is 5.11 Å². The quantitative estimate of drug-likeness (QED) is 0.883. The van der Waals surface area contributed by atoms with Crippen LogP contribution in [0.3, 0.4) is 0 Å². The molecular formula is C16H25NO. The fourth-order valence-electron chi connectivity index (χ4n) is 3.26. The van der Waals surface area contributed by atoms with Crippen LogP contribution in [0.4, 0.5) is 5.69 Å². The van der Waals surface area contributed by atoms with Crippen LogP contribution in [0.25, 0.3) is 0 Å². The summed E-state index contributed by atoms with van der Waals surface area (Å²) in [6, 6.07) is 6.95. The topological polar surface area (TPSA) is 23.5 Å². The SMILES string of the molecule is Cc1cc(CO)ccc1N(C)C1CCCCC1C. The number of aliphatic hydroxyl groups excluding tert-OH is 1. The summed E-state index contributed by atoms with van der Waals surface area (Å²) in [4.78, 5) is 2.44. The number of hydrogen-bond donors (Lipinski definition) is 1. The van der Waals surface area contributed by atoms with Gasteiger partial charge in [0.2, 0.25) is 0 Å². The second-order valence-corrected chi connectivity index (χ2v) is 5.72. The number of benzene rings is 1. The van der Waals surface area contributed by atoms with Gasteiger partial charge in [-0.25, -0.2) is 0 Å². The molecular weight excluding hydrogens is 222 g/mol. The zero-order valence-electron chi connectivity index (χ0n) is 11.8. The van der Waals surface area contributed by atoms with E-state index in [2.05, 4.69) is 37.9 Å². The number of aryl methyl sites for hydroxylation is 1. The summed E-state index contributed by atoms with van der Waals surface area (Å²) in [7, 11) is 2.22. The Morgan fingerprint density at radius 2 is 2.00 bits per heavy atom. The largest absolute Gasteiger partial charge is 0.392 e. The molecule has 1 aromatic rings. The van der Waals surface area contributed by atoms with Gasteiger partial charge >= 0.3 is 0 Å². The van der Waals surface area contributed by atoms with E-state index in [0.29, 0.717) is 6.04 Å². The van der Waals surface area contributed by atoms with Crippen LogP contribution in [0.15, 0.2) is 18.2 Å². The van der Waals surface area contributed by atoms with Crippen LogP contribution in [0.5, 0.6) is 0 Å². The Balaban J connectivity index is 2.19. The van der Waals surface area contributed by atoms with Crippen molar-refractivity contribution in [2.24, 2.45) is 5.92 Å². The van der Waals surface area contributed by atoms with Gasteiger partial charge in [-0.2, -0.15) is 0 Å². The number of nitrogens with zero attached hydrogens (tertiary/aromatic N) is 1. The van der Waals surface area contributed by atoms with Crippen molar-refractivity contribution in [1.29, 1.82) is 0 Å². The molecule has 0 aliphatic heterocycles. The lowest BCUT2D eigenvalue weighted by atomic mass is 9.84. The molecule has 2 unspecified atom stereocenters. The van der Waals surface area contributed by atoms with Crippen molar-refractivity contribution in [2.45, 2.75) is 52.2 Å². The Bertz CT molecular complexity index is 402. The number of hydrogen-bond acceptors (Lipinski definition) is 2. The fourth-order valence-corrected chi connectivity index (χ4v) is 3.26. The van der Waals surface area contributed by atoms with Crippen molar-refractivity contribution in [1.82, 2.24) is 0 Å². The Morgan fingerprint density at radius 1 is 1.28 bits per heavy atom. The highest BCUT2D eigenvalue weighted by Crippen LogP contribution is 2.32. The monoisotopic (exact) mass is 247 g/mol. The molecule has 0 aromatic heterocycles. The van der Waals surface area contributed by atoms with Crippen molar-refractivity contribution >= 4 is 5.69 Å². The molecule has 1 N–H and O–H groups in total. The lowest BCUT2D eigenvalue weighted by Crippen LogP contribution is -2.39. The Kier molecular flexibility index (Phi) is 4.28. The fraction of sp³-hybridized carbons (Fsp3) is 0.625. The molecule has 1 fully saturated rings. The third-order valence-electron chi connectivity index (χ3n) is 4.39. The standard InChI is InChI=1S/C16H25NO/c1-12-6-4-5-7-15(12)17(3)16-9-8-14(11-18)10-13(16)2/h8-10,12,15,18H,4-7,11H2,1-3H3. The average Bonchev–Trinajstić information content (AvgIpc) is 2.38. The molecule has 2 heteroatoms. The molecule has 18 heavy (non-hydrogen) atoms. The Morgan fingerprint density at radius 3 is 2.61 bits per heavy atom. The molecule has 2 atom stereocenters. The molecule has 1 saturated carbocycles. The average molecular weight is 247 g/mol. The first-order valence-corrected chi connectivity index (χ1v) is 7.06. The van der Waals surface area contributed by atoms with Crippen LogP contribution in [0.1, 0.15) is 43.7 Å². The van der Waals surface area contributed by atoms with Crippen molar-refractivity contribution in [3.63, 3.8) is 0 Å². The van der Waals surface area contributed by atoms with Gasteiger partial charge in [0, 0.05) is 18.8 Å². The summed E-state index contributed by atoms with van der Waals surface area (Å²) in [5, 5.41) is 9.17. The summed E-state index contributed by atoms with van der Waals surface area (Å²) in [6.45, 7) is 4.64. The highest BCUT2D eigenvalue weighted by atomic mass is 16.3. The third-order valence-corrected chi connectivity index (χ3v) is 4.39. The van der Waals surface area contributed by atoms with Gasteiger partial charge in [0.25, 0.3) is 0 Å². The highest BCUT2D eigenvalue weighted by molar-refractivity contribution is 5.54. The second-order valence-electron chi connectivity index (χ2n) is 5.72. The smallest absolute Gasteiger partial charge is 0.0681 e. The minimum atomic E-state index is 0.130. The molecule has 100 valence electrons. The van der Waals surface area contributed by atoms with Gasteiger partial charge in [-0.05, 0) is 42.9 Å². The van der Waals surface area contributed by atoms with E-state index in [1.165, 1.54) is 36.9 Å². The Hall–Kier alpha value is -1.02. The lowest BCUT2D eigenvalue weighted by Gasteiger charge is -2.38. The van der Waals surface area contributed by atoms with E-state index in [0.717, 1.165) is 11.5 Å². The first-order chi connectivity index (χ1) is 8.63. The predicted octanol–water partition coefficient (Wildman–Crippen LogP) is 3.50. The Labute approximate surface area is 111 Å². The maximum atomic E-state index is 9.17. The molecule has 0 radical (unpaired) electrons. The van der Waals surface area contributed by atoms with Gasteiger partial charge in [0.05, 0.1) is 6.61 Å². The predicted molar refractivity (Wildman–Crippen MR) is 76.9 cm³/mol. The van der Waals surface area contributed by atoms with Gasteiger partial charge < -0.3 is 10.0 Å². The van der Waals surface area contributed by atoms with E-state index >= 15 is 0 Å². The number of anilines is 1. The van der Waals surface area contributed by atoms with Gasteiger partial charge in [-0.3, -0.25) is 0 Å². The minimum absolute atomic E-state index is 0.130. The molecule has 1 aliphatic rings. The van der Waals surface area contributed by atoms with Gasteiger partial charge in [0.1, 0.15) is 0 Å². The van der Waals surface area contributed by atoms with Crippen LogP contribution < -0.4 is 4.90 Å². The van der Waals surface area contributed by atoms with Crippen LogP contribution >= 0.6 is 0 Å². The lowest BCUT2D eigenvalue weighted by molar-refractivity contribution is 0.281. The molecule has 2 nitrogen and oxygen atoms in total. The molecule has 0 saturated heterocycles. The van der Waals surface area contributed by atoms with Crippen molar-refractivity contribution in [3.05, 3.63) is 29.3 Å². The van der Waals surface area contributed by atoms with E-state index in [4.69, 9.17) is 5.11 Å². The molecule has 2 rings (SSSR count). The van der Waals surface area contributed by atoms with Crippen LogP contribution in [-0.4, -0.2) is 18.2 Å². The van der Waals surface area contributed by atoms with Gasteiger partial charge in [0.15, 0.2) is 0 Å². The first-order valence-electron chi connectivity index (χ1n) is 7.06. The summed E-state index contributed by atoms with van der Waals surface area (Å²) < 4.78 is 0. The van der Waals surface area contributed by atoms with Crippen molar-refractivity contribution in [2.75, 3.05) is 11.9 Å². The summed E-state index contributed by atoms with van der Waals surface area (Å²) in [5.41, 5.74) is 3.58. The van der Waals surface area contributed by atoms with Gasteiger partial charge in [-0.1, -0.05) is 31.9 Å². The van der Waals surface area contributed by atoms with Crippen molar-refractivity contribution in [3.8, 4) is 0 Å². The summed E-state index contributed by atoms with van der Waals surface area (Å²) >= 11 is 0. The maximum Gasteiger partial charge on any atom is 0.0681 e. The molecule has 0 heterocycles. The molecule has 1 aliphatic carbocycles. The van der Waals surface area contributed by atoms with E-state index in [1.54, 1.807) is 0 Å². The zero-order valence-corrected chi connectivity index (χ0v) is 11.8. The van der Waals surface area contributed by atoms with Gasteiger partial charge in [-0.15, -0.1) is 0 Å². The zero-order chi connectivity index (χ0) is 13.1. The van der Waals surface area contributed by atoms with E-state index in [9.17, 15) is 0 Å². The van der Waals surface area contributed by atoms with Crippen LogP contribution in [0.2, 0.25) is 0 Å². The number of rotatable bonds is 3. The molecule has 0 amide bonds. The van der Waals surface area contributed by atoms with E-state index in [1.807, 2.05) is 6.07 Å². The normalized spacial score (nSPS) is 24.0. The van der Waals surface area contributed by atoms with Crippen LogP contribution in [0, 0.1) is 12.8 Å². The number of aliphatic hydroxyl groups is 1. The molecule has 1 aromatic carbocycles. The summed E-state index contributed by atoms with van der Waals surface area (Å²) in [5.74, 6) is 0.778.